The molecule has 1 aromatic carbocycles. The summed E-state index contributed by atoms with van der Waals surface area (Å²) >= 11 is 0. The highest BCUT2D eigenvalue weighted by Gasteiger charge is 2.28. The first kappa shape index (κ1) is 22.2. The monoisotopic (exact) mass is 460 g/mol. The number of halogens is 1. The SMILES string of the molecule is CCNC(=NCC(C)N(C)C1CC1)NCCC(O)c1ccccc1.I. The molecule has 0 saturated heterocycles. The second-order valence-corrected chi connectivity index (χ2v) is 6.61. The highest BCUT2D eigenvalue weighted by molar-refractivity contribution is 14.0. The predicted octanol–water partition coefficient (Wildman–Crippen LogP) is 2.77. The summed E-state index contributed by atoms with van der Waals surface area (Å²) in [5.74, 6) is 0.828. The van der Waals surface area contributed by atoms with Gasteiger partial charge in [-0.2, -0.15) is 0 Å². The van der Waals surface area contributed by atoms with Crippen LogP contribution in [-0.2, 0) is 0 Å². The third-order valence-corrected chi connectivity index (χ3v) is 4.57. The highest BCUT2D eigenvalue weighted by Crippen LogP contribution is 2.26. The number of guanidine groups is 1. The maximum atomic E-state index is 10.2. The molecule has 0 spiro atoms. The van der Waals surface area contributed by atoms with E-state index in [4.69, 9.17) is 0 Å². The van der Waals surface area contributed by atoms with Crippen LogP contribution >= 0.6 is 24.0 Å². The van der Waals surface area contributed by atoms with Crippen LogP contribution in [0.4, 0.5) is 0 Å². The highest BCUT2D eigenvalue weighted by atomic mass is 127. The Bertz CT molecular complexity index is 507. The molecule has 3 N–H and O–H groups in total. The van der Waals surface area contributed by atoms with E-state index in [1.54, 1.807) is 0 Å². The van der Waals surface area contributed by atoms with Crippen LogP contribution in [0, 0.1) is 0 Å². The molecule has 2 rings (SSSR count). The number of benzene rings is 1. The van der Waals surface area contributed by atoms with Crippen molar-refractivity contribution in [2.24, 2.45) is 4.99 Å². The van der Waals surface area contributed by atoms with Crippen molar-refractivity contribution in [1.29, 1.82) is 0 Å². The quantitative estimate of drug-likeness (QED) is 0.302. The van der Waals surface area contributed by atoms with Gasteiger partial charge in [-0.05, 0) is 45.7 Å². The van der Waals surface area contributed by atoms with E-state index in [1.807, 2.05) is 30.3 Å². The summed E-state index contributed by atoms with van der Waals surface area (Å²) < 4.78 is 0. The zero-order valence-electron chi connectivity index (χ0n) is 15.6. The van der Waals surface area contributed by atoms with Crippen LogP contribution in [0.15, 0.2) is 35.3 Å². The van der Waals surface area contributed by atoms with Gasteiger partial charge in [0.25, 0.3) is 0 Å². The molecule has 25 heavy (non-hydrogen) atoms. The van der Waals surface area contributed by atoms with Gasteiger partial charge in [-0.1, -0.05) is 30.3 Å². The molecule has 142 valence electrons. The molecule has 0 radical (unpaired) electrons. The van der Waals surface area contributed by atoms with Crippen LogP contribution in [0.25, 0.3) is 0 Å². The van der Waals surface area contributed by atoms with Crippen LogP contribution < -0.4 is 10.6 Å². The Morgan fingerprint density at radius 2 is 1.96 bits per heavy atom. The number of hydrogen-bond acceptors (Lipinski definition) is 3. The first-order chi connectivity index (χ1) is 11.6. The minimum absolute atomic E-state index is 0. The molecule has 0 aromatic heterocycles. The summed E-state index contributed by atoms with van der Waals surface area (Å²) in [6, 6.07) is 11.0. The lowest BCUT2D eigenvalue weighted by atomic mass is 10.1. The summed E-state index contributed by atoms with van der Waals surface area (Å²) in [4.78, 5) is 7.11. The van der Waals surface area contributed by atoms with Crippen LogP contribution in [-0.4, -0.2) is 54.7 Å². The van der Waals surface area contributed by atoms with Crippen molar-refractivity contribution in [3.05, 3.63) is 35.9 Å². The van der Waals surface area contributed by atoms with E-state index in [0.717, 1.165) is 30.7 Å². The third kappa shape index (κ3) is 7.92. The summed E-state index contributed by atoms with van der Waals surface area (Å²) in [5.41, 5.74) is 0.959. The number of aliphatic hydroxyl groups is 1. The van der Waals surface area contributed by atoms with Gasteiger partial charge >= 0.3 is 0 Å². The molecule has 1 saturated carbocycles. The average Bonchev–Trinajstić information content (AvgIpc) is 3.44. The Labute approximate surface area is 169 Å². The smallest absolute Gasteiger partial charge is 0.191 e. The molecule has 0 bridgehead atoms. The summed E-state index contributed by atoms with van der Waals surface area (Å²) in [7, 11) is 2.19. The van der Waals surface area contributed by atoms with Gasteiger partial charge in [0, 0.05) is 25.2 Å². The fraction of sp³-hybridized carbons (Fsp3) is 0.632. The van der Waals surface area contributed by atoms with Gasteiger partial charge in [0.1, 0.15) is 0 Å². The van der Waals surface area contributed by atoms with Gasteiger partial charge in [0.15, 0.2) is 5.96 Å². The standard InChI is InChI=1S/C19H32N4O.HI/c1-4-20-19(22-14-15(2)23(3)17-10-11-17)21-13-12-18(24)16-8-6-5-7-9-16;/h5-9,15,17-18,24H,4,10-14H2,1-3H3,(H2,20,21,22);1H. The van der Waals surface area contributed by atoms with Crippen molar-refractivity contribution < 1.29 is 5.11 Å². The minimum Gasteiger partial charge on any atom is -0.388 e. The minimum atomic E-state index is -0.443. The van der Waals surface area contributed by atoms with E-state index in [1.165, 1.54) is 12.8 Å². The van der Waals surface area contributed by atoms with Crippen molar-refractivity contribution in [1.82, 2.24) is 15.5 Å². The molecule has 0 aliphatic heterocycles. The summed E-state index contributed by atoms with van der Waals surface area (Å²) in [5, 5.41) is 16.8. The first-order valence-electron chi connectivity index (χ1n) is 9.09. The molecular weight excluding hydrogens is 427 g/mol. The third-order valence-electron chi connectivity index (χ3n) is 4.57. The van der Waals surface area contributed by atoms with E-state index in [9.17, 15) is 5.11 Å². The number of aliphatic imine (C=N–C) groups is 1. The van der Waals surface area contributed by atoms with Crippen molar-refractivity contribution in [2.75, 3.05) is 26.7 Å². The van der Waals surface area contributed by atoms with E-state index in [2.05, 4.69) is 41.4 Å². The maximum absolute atomic E-state index is 10.2. The van der Waals surface area contributed by atoms with Gasteiger partial charge in [-0.15, -0.1) is 24.0 Å². The van der Waals surface area contributed by atoms with Crippen molar-refractivity contribution >= 4 is 29.9 Å². The van der Waals surface area contributed by atoms with E-state index in [-0.39, 0.29) is 24.0 Å². The summed E-state index contributed by atoms with van der Waals surface area (Å²) in [6.45, 7) is 6.60. The molecule has 6 heteroatoms. The van der Waals surface area contributed by atoms with Crippen LogP contribution in [0.5, 0.6) is 0 Å². The zero-order valence-corrected chi connectivity index (χ0v) is 17.9. The molecule has 1 aliphatic rings. The largest absolute Gasteiger partial charge is 0.388 e. The number of rotatable bonds is 9. The van der Waals surface area contributed by atoms with Gasteiger partial charge in [-0.25, -0.2) is 0 Å². The Kier molecular flexibility index (Phi) is 10.4. The summed E-state index contributed by atoms with van der Waals surface area (Å²) in [6.07, 6.45) is 2.86. The first-order valence-corrected chi connectivity index (χ1v) is 9.09. The number of nitrogens with zero attached hydrogens (tertiary/aromatic N) is 2. The second kappa shape index (κ2) is 11.7. The molecule has 1 aromatic rings. The van der Waals surface area contributed by atoms with E-state index in [0.29, 0.717) is 19.0 Å². The fourth-order valence-corrected chi connectivity index (χ4v) is 2.70. The van der Waals surface area contributed by atoms with Crippen molar-refractivity contribution in [3.8, 4) is 0 Å². The lowest BCUT2D eigenvalue weighted by Crippen LogP contribution is -2.40. The average molecular weight is 460 g/mol. The fourth-order valence-electron chi connectivity index (χ4n) is 2.70. The lowest BCUT2D eigenvalue weighted by Gasteiger charge is -2.23. The lowest BCUT2D eigenvalue weighted by molar-refractivity contribution is 0.168. The zero-order chi connectivity index (χ0) is 17.4. The van der Waals surface area contributed by atoms with Gasteiger partial charge < -0.3 is 15.7 Å². The predicted molar refractivity (Wildman–Crippen MR) is 116 cm³/mol. The molecule has 1 fully saturated rings. The van der Waals surface area contributed by atoms with Gasteiger partial charge in [0.05, 0.1) is 12.6 Å². The van der Waals surface area contributed by atoms with Crippen LogP contribution in [0.1, 0.15) is 44.8 Å². The topological polar surface area (TPSA) is 59.9 Å². The number of nitrogens with one attached hydrogen (secondary N) is 2. The van der Waals surface area contributed by atoms with Crippen LogP contribution in [0.3, 0.4) is 0 Å². The maximum Gasteiger partial charge on any atom is 0.191 e. The molecule has 0 heterocycles. The Balaban J connectivity index is 0.00000312. The normalized spacial score (nSPS) is 16.9. The number of likely N-dealkylation sites (N-methyl/N-ethyl adjacent to an activating group) is 1. The van der Waals surface area contributed by atoms with E-state index >= 15 is 0 Å². The number of aliphatic hydroxyl groups excluding tert-OH is 1. The Morgan fingerprint density at radius 3 is 2.56 bits per heavy atom. The molecule has 2 unspecified atom stereocenters. The van der Waals surface area contributed by atoms with Crippen molar-refractivity contribution in [3.63, 3.8) is 0 Å². The van der Waals surface area contributed by atoms with Gasteiger partial charge in [-0.3, -0.25) is 9.89 Å². The van der Waals surface area contributed by atoms with Crippen molar-refractivity contribution in [2.45, 2.75) is 51.3 Å². The van der Waals surface area contributed by atoms with E-state index < -0.39 is 6.10 Å². The number of hydrogen-bond donors (Lipinski definition) is 3. The molecular formula is C19H33IN4O. The molecule has 2 atom stereocenters. The Morgan fingerprint density at radius 1 is 1.28 bits per heavy atom. The molecule has 1 aliphatic carbocycles. The van der Waals surface area contributed by atoms with Gasteiger partial charge in [0.2, 0.25) is 0 Å². The Hall–Kier alpha value is -0.860. The second-order valence-electron chi connectivity index (χ2n) is 6.61. The molecule has 0 amide bonds. The van der Waals surface area contributed by atoms with Crippen LogP contribution in [0.2, 0.25) is 0 Å². The molecule has 5 nitrogen and oxygen atoms in total.